The number of esters is 1. The van der Waals surface area contributed by atoms with Gasteiger partial charge in [0.2, 0.25) is 0 Å². The quantitative estimate of drug-likeness (QED) is 0.295. The number of sulfone groups is 1. The fraction of sp³-hybridized carbons (Fsp3) is 0.577. The maximum atomic E-state index is 13.0. The van der Waals surface area contributed by atoms with E-state index in [-0.39, 0.29) is 46.2 Å². The summed E-state index contributed by atoms with van der Waals surface area (Å²) >= 11 is 0. The molecular weight excluding hydrogens is 514 g/mol. The minimum Gasteiger partial charge on any atom is -0.461 e. The predicted molar refractivity (Wildman–Crippen MR) is 132 cm³/mol. The van der Waals surface area contributed by atoms with E-state index in [9.17, 15) is 23.5 Å². The van der Waals surface area contributed by atoms with Gasteiger partial charge in [0.15, 0.2) is 0 Å². The summed E-state index contributed by atoms with van der Waals surface area (Å²) in [7, 11) is -2.37. The Balaban J connectivity index is 1.23. The van der Waals surface area contributed by atoms with E-state index in [0.29, 0.717) is 19.5 Å². The largest absolute Gasteiger partial charge is 0.461 e. The van der Waals surface area contributed by atoms with Gasteiger partial charge in [-0.1, -0.05) is 29.3 Å². The summed E-state index contributed by atoms with van der Waals surface area (Å²) in [6.45, 7) is 4.72. The lowest BCUT2D eigenvalue weighted by Crippen LogP contribution is -2.41. The lowest BCUT2D eigenvalue weighted by atomic mass is 9.77. The van der Waals surface area contributed by atoms with E-state index >= 15 is 0 Å². The molecule has 1 aliphatic heterocycles. The van der Waals surface area contributed by atoms with Gasteiger partial charge < -0.3 is 24.7 Å². The molecule has 5 atom stereocenters. The Morgan fingerprint density at radius 2 is 2.03 bits per heavy atom. The van der Waals surface area contributed by atoms with Crippen LogP contribution in [0.15, 0.2) is 56.0 Å². The zero-order chi connectivity index (χ0) is 27.2. The highest BCUT2D eigenvalue weighted by atomic mass is 32.2. The molecule has 0 bridgehead atoms. The molecule has 206 valence electrons. The highest BCUT2D eigenvalue weighted by molar-refractivity contribution is 7.91. The van der Waals surface area contributed by atoms with Crippen LogP contribution in [0, 0.1) is 23.0 Å². The molecule has 1 aromatic carbocycles. The van der Waals surface area contributed by atoms with Crippen molar-refractivity contribution < 1.29 is 37.3 Å². The van der Waals surface area contributed by atoms with Gasteiger partial charge in [-0.05, 0) is 63.6 Å². The second-order valence-corrected chi connectivity index (χ2v) is 12.7. The van der Waals surface area contributed by atoms with Gasteiger partial charge >= 0.3 is 16.9 Å². The van der Waals surface area contributed by atoms with Crippen LogP contribution in [-0.2, 0) is 19.4 Å². The van der Waals surface area contributed by atoms with Crippen LogP contribution in [0.3, 0.4) is 0 Å². The number of allylic oxidation sites excluding steroid dienone is 1. The normalized spacial score (nSPS) is 29.2. The van der Waals surface area contributed by atoms with Crippen molar-refractivity contribution >= 4 is 15.8 Å². The van der Waals surface area contributed by atoms with Gasteiger partial charge in [-0.2, -0.15) is 0 Å². The van der Waals surface area contributed by atoms with Crippen LogP contribution < -0.4 is 9.64 Å². The van der Waals surface area contributed by atoms with E-state index in [1.54, 1.807) is 18.2 Å². The molecule has 1 saturated carbocycles. The van der Waals surface area contributed by atoms with E-state index in [4.69, 9.17) is 9.47 Å². The topological polar surface area (TPSA) is 146 Å². The summed E-state index contributed by atoms with van der Waals surface area (Å²) in [5, 5.41) is 25.9. The number of likely N-dealkylation sites (N-methyl/N-ethyl adjacent to an activating group) is 1. The number of rotatable bonds is 8. The molecule has 0 unspecified atom stereocenters. The van der Waals surface area contributed by atoms with Crippen molar-refractivity contribution in [3.8, 4) is 5.88 Å². The number of carbonyl (C=O) groups is 1. The maximum absolute atomic E-state index is 13.0. The van der Waals surface area contributed by atoms with Crippen LogP contribution in [0.4, 0.5) is 0 Å². The van der Waals surface area contributed by atoms with E-state index in [2.05, 4.69) is 16.7 Å². The average Bonchev–Trinajstić information content (AvgIpc) is 3.47. The number of hydrogen-bond acceptors (Lipinski definition) is 10. The van der Waals surface area contributed by atoms with Crippen molar-refractivity contribution in [2.45, 2.75) is 61.2 Å². The molecule has 2 aliphatic carbocycles. The molecule has 5 rings (SSSR count). The zero-order valence-electron chi connectivity index (χ0n) is 21.7. The Hall–Kier alpha value is -2.96. The highest BCUT2D eigenvalue weighted by Gasteiger charge is 2.56. The van der Waals surface area contributed by atoms with Crippen LogP contribution in [0.5, 0.6) is 5.88 Å². The number of carbonyl (C=O) groups excluding carboxylic acids is 1. The molecule has 0 amide bonds. The minimum atomic E-state index is -4.20. The molecule has 12 heteroatoms. The van der Waals surface area contributed by atoms with Gasteiger partial charge in [-0.15, -0.1) is 0 Å². The minimum absolute atomic E-state index is 0.00882. The van der Waals surface area contributed by atoms with Crippen LogP contribution in [0.25, 0.3) is 0 Å². The third-order valence-electron chi connectivity index (χ3n) is 8.24. The summed E-state index contributed by atoms with van der Waals surface area (Å²) in [4.78, 5) is 14.6. The second-order valence-electron chi connectivity index (χ2n) is 10.8. The number of fused-ring (bicyclic) bond motifs is 3. The lowest BCUT2D eigenvalue weighted by Gasteiger charge is -2.33. The van der Waals surface area contributed by atoms with Gasteiger partial charge in [0.1, 0.15) is 12.7 Å². The zero-order valence-corrected chi connectivity index (χ0v) is 22.5. The molecule has 2 aromatic rings. The highest BCUT2D eigenvalue weighted by Crippen LogP contribution is 2.52. The summed E-state index contributed by atoms with van der Waals surface area (Å²) in [6.07, 6.45) is 2.86. The summed E-state index contributed by atoms with van der Waals surface area (Å²) in [6, 6.07) is 7.49. The Bertz CT molecular complexity index is 1340. The molecule has 2 fully saturated rings. The molecule has 0 radical (unpaired) electrons. The Kier molecular flexibility index (Phi) is 6.99. The van der Waals surface area contributed by atoms with Crippen LogP contribution >= 0.6 is 0 Å². The van der Waals surface area contributed by atoms with Crippen LogP contribution in [-0.4, -0.2) is 68.0 Å². The van der Waals surface area contributed by atoms with Crippen LogP contribution in [0.1, 0.15) is 39.5 Å². The first kappa shape index (κ1) is 26.6. The van der Waals surface area contributed by atoms with Gasteiger partial charge in [0.05, 0.1) is 21.6 Å². The molecule has 2 heterocycles. The summed E-state index contributed by atoms with van der Waals surface area (Å²) in [5.41, 5.74) is 1.64. The van der Waals surface area contributed by atoms with Gasteiger partial charge in [0, 0.05) is 24.9 Å². The first-order valence-electron chi connectivity index (χ1n) is 12.8. The van der Waals surface area contributed by atoms with Gasteiger partial charge in [0.25, 0.3) is 9.84 Å². The fourth-order valence-electron chi connectivity index (χ4n) is 6.22. The second kappa shape index (κ2) is 9.97. The third-order valence-corrected chi connectivity index (χ3v) is 9.97. The molecule has 1 saturated heterocycles. The van der Waals surface area contributed by atoms with Crippen molar-refractivity contribution in [3.63, 3.8) is 0 Å². The maximum Gasteiger partial charge on any atom is 0.415 e. The number of hydrogen-bond donors (Lipinski definition) is 1. The van der Waals surface area contributed by atoms with Crippen molar-refractivity contribution in [3.05, 3.63) is 46.7 Å². The van der Waals surface area contributed by atoms with Gasteiger partial charge in [-0.3, -0.25) is 9.42 Å². The molecule has 1 N–H and O–H groups in total. The van der Waals surface area contributed by atoms with E-state index < -0.39 is 26.3 Å². The monoisotopic (exact) mass is 547 g/mol. The molecule has 3 aliphatic rings. The Morgan fingerprint density at radius 1 is 1.29 bits per heavy atom. The van der Waals surface area contributed by atoms with Crippen molar-refractivity contribution in [2.75, 3.05) is 26.7 Å². The Labute approximate surface area is 221 Å². The van der Waals surface area contributed by atoms with Crippen molar-refractivity contribution in [1.82, 2.24) is 10.1 Å². The SMILES string of the molecule is CC1=C2CC[C@@](C)(O)[C@@H]2[C@H]2OC(=O)[C@@H](CN(C)CCOc3no[n+]([O-])c3S(=O)(=O)c3ccccc3)[C@@H]2CC1. The lowest BCUT2D eigenvalue weighted by molar-refractivity contribution is -0.832. The van der Waals surface area contributed by atoms with E-state index in [1.165, 1.54) is 23.3 Å². The molecule has 11 nitrogen and oxygen atoms in total. The number of nitrogens with zero attached hydrogens (tertiary/aromatic N) is 3. The first-order chi connectivity index (χ1) is 18.0. The Morgan fingerprint density at radius 3 is 2.76 bits per heavy atom. The van der Waals surface area contributed by atoms with Crippen molar-refractivity contribution in [1.29, 1.82) is 0 Å². The average molecular weight is 548 g/mol. The fourth-order valence-corrected chi connectivity index (χ4v) is 7.51. The van der Waals surface area contributed by atoms with E-state index in [1.807, 2.05) is 18.9 Å². The first-order valence-corrected chi connectivity index (χ1v) is 14.3. The summed E-state index contributed by atoms with van der Waals surface area (Å²) < 4.78 is 41.8. The van der Waals surface area contributed by atoms with E-state index in [0.717, 1.165) is 19.3 Å². The summed E-state index contributed by atoms with van der Waals surface area (Å²) in [5.74, 6) is -1.20. The van der Waals surface area contributed by atoms with Crippen LogP contribution in [0.2, 0.25) is 0 Å². The molecular formula is C26H33N3O8S. The molecule has 0 spiro atoms. The van der Waals surface area contributed by atoms with Crippen molar-refractivity contribution in [2.24, 2.45) is 17.8 Å². The number of aliphatic hydroxyl groups is 1. The standard InChI is InChI=1S/C26H33N3O8S/c1-16-9-10-19-20(25(30)36-22(19)21-18(16)11-12-26(21,2)31)15-28(3)13-14-35-23-24(29(32)37-27-23)38(33,34)17-7-5-4-6-8-17/h4-8,19-22,31H,9-15H2,1-3H3/t19-,20-,21-,22-,26+/m0/s1. The number of aromatic nitrogens is 2. The van der Waals surface area contributed by atoms with Gasteiger partial charge in [-0.25, -0.2) is 8.42 Å². The third kappa shape index (κ3) is 4.69. The smallest absolute Gasteiger partial charge is 0.415 e. The molecule has 1 aromatic heterocycles. The number of ether oxygens (including phenoxy) is 2. The number of benzene rings is 1. The molecule has 38 heavy (non-hydrogen) atoms. The predicted octanol–water partition coefficient (Wildman–Crippen LogP) is 1.88.